The molecule has 2 rings (SSSR count). The Hall–Kier alpha value is -1.05. The largest absolute Gasteiger partial charge is 0.393 e. The lowest BCUT2D eigenvalue weighted by atomic mass is 10.00. The molecule has 1 aliphatic carbocycles. The zero-order valence-electron chi connectivity index (χ0n) is 11.2. The minimum atomic E-state index is -3.38. The maximum atomic E-state index is 13.4. The van der Waals surface area contributed by atoms with E-state index in [9.17, 15) is 12.8 Å². The highest BCUT2D eigenvalue weighted by atomic mass is 32.2. The third-order valence-electron chi connectivity index (χ3n) is 3.77. The van der Waals surface area contributed by atoms with Gasteiger partial charge in [-0.15, -0.1) is 0 Å². The summed E-state index contributed by atoms with van der Waals surface area (Å²) in [6, 6.07) is 5.85. The Balaban J connectivity index is 2.53. The lowest BCUT2D eigenvalue weighted by Gasteiger charge is -2.15. The van der Waals surface area contributed by atoms with Gasteiger partial charge in [0.1, 0.15) is 5.82 Å². The van der Waals surface area contributed by atoms with Gasteiger partial charge in [-0.3, -0.25) is 0 Å². The van der Waals surface area contributed by atoms with Crippen LogP contribution in [0.3, 0.4) is 0 Å². The Bertz CT molecular complexity index is 647. The van der Waals surface area contributed by atoms with Crippen LogP contribution in [0.1, 0.15) is 11.5 Å². The Kier molecular flexibility index (Phi) is 3.88. The van der Waals surface area contributed by atoms with Crippen molar-refractivity contribution in [3.63, 3.8) is 0 Å². The molecule has 0 spiro atoms. The molecule has 1 fully saturated rings. The summed E-state index contributed by atoms with van der Waals surface area (Å²) in [6.45, 7) is 0.0985. The lowest BCUT2D eigenvalue weighted by molar-refractivity contribution is 0.166. The molecule has 0 heterocycles. The summed E-state index contributed by atoms with van der Waals surface area (Å²) < 4.78 is 42.5. The number of ether oxygens (including phenoxy) is 1. The fourth-order valence-corrected chi connectivity index (χ4v) is 5.29. The van der Waals surface area contributed by atoms with Crippen LogP contribution < -0.4 is 5.73 Å². The van der Waals surface area contributed by atoms with Crippen molar-refractivity contribution in [3.05, 3.63) is 35.6 Å². The van der Waals surface area contributed by atoms with Crippen molar-refractivity contribution in [1.29, 1.82) is 0 Å². The molecule has 1 aromatic rings. The van der Waals surface area contributed by atoms with Crippen LogP contribution in [-0.4, -0.2) is 38.6 Å². The molecule has 3 unspecified atom stereocenters. The van der Waals surface area contributed by atoms with Crippen LogP contribution in [0.4, 0.5) is 4.39 Å². The molecule has 0 saturated heterocycles. The molecule has 0 radical (unpaired) electrons. The standard InChI is InChI=1S/C13H16FNO3S2/c1-18-7-13(12(15)19)10(11(13)20(2,16)17)8-4-3-5-9(14)6-8/h3-6,10-11H,7H2,1-2H3,(H2,15,19). The van der Waals surface area contributed by atoms with Crippen LogP contribution in [0, 0.1) is 11.2 Å². The van der Waals surface area contributed by atoms with E-state index in [1.165, 1.54) is 19.2 Å². The van der Waals surface area contributed by atoms with Crippen molar-refractivity contribution >= 4 is 27.0 Å². The molecule has 110 valence electrons. The molecule has 0 bridgehead atoms. The first kappa shape index (κ1) is 15.3. The predicted molar refractivity (Wildman–Crippen MR) is 78.9 cm³/mol. The second-order valence-corrected chi connectivity index (χ2v) is 7.73. The van der Waals surface area contributed by atoms with Gasteiger partial charge in [-0.25, -0.2) is 12.8 Å². The summed E-state index contributed by atoms with van der Waals surface area (Å²) in [5, 5.41) is -0.769. The third kappa shape index (κ3) is 2.34. The fraction of sp³-hybridized carbons (Fsp3) is 0.462. The SMILES string of the molecule is COCC1(C(N)=S)C(c2cccc(F)c2)C1S(C)(=O)=O. The number of thiocarbonyl (C=S) groups is 1. The maximum Gasteiger partial charge on any atom is 0.152 e. The second kappa shape index (κ2) is 5.05. The van der Waals surface area contributed by atoms with Gasteiger partial charge >= 0.3 is 0 Å². The number of hydrogen-bond acceptors (Lipinski definition) is 4. The average Bonchev–Trinajstić information content (AvgIpc) is 3.00. The van der Waals surface area contributed by atoms with Crippen molar-refractivity contribution in [2.75, 3.05) is 20.0 Å². The van der Waals surface area contributed by atoms with Gasteiger partial charge in [0.15, 0.2) is 9.84 Å². The zero-order valence-corrected chi connectivity index (χ0v) is 12.8. The van der Waals surface area contributed by atoms with Gasteiger partial charge in [0.2, 0.25) is 0 Å². The van der Waals surface area contributed by atoms with Gasteiger partial charge in [0, 0.05) is 19.3 Å². The van der Waals surface area contributed by atoms with Gasteiger partial charge in [-0.2, -0.15) is 0 Å². The van der Waals surface area contributed by atoms with E-state index >= 15 is 0 Å². The fourth-order valence-electron chi connectivity index (χ4n) is 2.98. The first-order valence-electron chi connectivity index (χ1n) is 5.98. The number of nitrogens with two attached hydrogens (primary N) is 1. The van der Waals surface area contributed by atoms with Crippen LogP contribution in [0.2, 0.25) is 0 Å². The van der Waals surface area contributed by atoms with E-state index in [0.717, 1.165) is 6.26 Å². The smallest absolute Gasteiger partial charge is 0.152 e. The van der Waals surface area contributed by atoms with E-state index in [1.54, 1.807) is 12.1 Å². The number of methoxy groups -OCH3 is 1. The maximum absolute atomic E-state index is 13.4. The van der Waals surface area contributed by atoms with E-state index in [4.69, 9.17) is 22.7 Å². The molecule has 20 heavy (non-hydrogen) atoms. The normalized spacial score (nSPS) is 29.1. The number of halogens is 1. The van der Waals surface area contributed by atoms with Gasteiger partial charge in [-0.05, 0) is 17.7 Å². The predicted octanol–water partition coefficient (Wildman–Crippen LogP) is 1.26. The van der Waals surface area contributed by atoms with Crippen molar-refractivity contribution in [3.8, 4) is 0 Å². The summed E-state index contributed by atoms with van der Waals surface area (Å²) in [5.41, 5.74) is 5.39. The Morgan fingerprint density at radius 2 is 2.20 bits per heavy atom. The van der Waals surface area contributed by atoms with E-state index < -0.39 is 32.2 Å². The molecule has 1 saturated carbocycles. The van der Waals surface area contributed by atoms with Gasteiger partial charge < -0.3 is 10.5 Å². The summed E-state index contributed by atoms with van der Waals surface area (Å²) in [7, 11) is -1.93. The minimum absolute atomic E-state index is 0.0871. The molecule has 1 aliphatic rings. The van der Waals surface area contributed by atoms with Crippen molar-refractivity contribution in [1.82, 2.24) is 0 Å². The van der Waals surface area contributed by atoms with Gasteiger partial charge in [0.25, 0.3) is 0 Å². The quantitative estimate of drug-likeness (QED) is 0.828. The topological polar surface area (TPSA) is 69.4 Å². The summed E-state index contributed by atoms with van der Waals surface area (Å²) >= 11 is 5.06. The van der Waals surface area contributed by atoms with Crippen LogP contribution in [0.25, 0.3) is 0 Å². The highest BCUT2D eigenvalue weighted by Crippen LogP contribution is 2.63. The molecule has 2 N–H and O–H groups in total. The van der Waals surface area contributed by atoms with E-state index in [-0.39, 0.29) is 11.6 Å². The molecule has 3 atom stereocenters. The highest BCUT2D eigenvalue weighted by Gasteiger charge is 2.71. The van der Waals surface area contributed by atoms with Crippen LogP contribution in [0.5, 0.6) is 0 Å². The molecule has 4 nitrogen and oxygen atoms in total. The van der Waals surface area contributed by atoms with Gasteiger partial charge in [0.05, 0.1) is 22.3 Å². The highest BCUT2D eigenvalue weighted by molar-refractivity contribution is 7.92. The summed E-state index contributed by atoms with van der Waals surface area (Å²) in [4.78, 5) is 0.0871. The van der Waals surface area contributed by atoms with Crippen molar-refractivity contribution in [2.45, 2.75) is 11.2 Å². The molecule has 0 aliphatic heterocycles. The average molecular weight is 317 g/mol. The minimum Gasteiger partial charge on any atom is -0.393 e. The Morgan fingerprint density at radius 1 is 1.55 bits per heavy atom. The number of benzene rings is 1. The number of sulfone groups is 1. The van der Waals surface area contributed by atoms with Gasteiger partial charge in [-0.1, -0.05) is 24.4 Å². The van der Waals surface area contributed by atoms with Crippen molar-refractivity contribution < 1.29 is 17.5 Å². The monoisotopic (exact) mass is 317 g/mol. The Morgan fingerprint density at radius 3 is 2.65 bits per heavy atom. The summed E-state index contributed by atoms with van der Waals surface area (Å²) in [6.07, 6.45) is 1.14. The molecular formula is C13H16FNO3S2. The molecule has 1 aromatic carbocycles. The first-order valence-corrected chi connectivity index (χ1v) is 8.34. The number of rotatable bonds is 5. The molecule has 7 heteroatoms. The molecule has 0 aromatic heterocycles. The van der Waals surface area contributed by atoms with Crippen LogP contribution >= 0.6 is 12.2 Å². The Labute approximate surface area is 123 Å². The second-order valence-electron chi connectivity index (χ2n) is 5.12. The van der Waals surface area contributed by atoms with Crippen LogP contribution in [-0.2, 0) is 14.6 Å². The van der Waals surface area contributed by atoms with E-state index in [2.05, 4.69) is 0 Å². The number of hydrogen-bond donors (Lipinski definition) is 1. The molecule has 0 amide bonds. The molecular weight excluding hydrogens is 301 g/mol. The third-order valence-corrected chi connectivity index (χ3v) is 5.76. The zero-order chi connectivity index (χ0) is 15.1. The van der Waals surface area contributed by atoms with E-state index in [1.807, 2.05) is 0 Å². The summed E-state index contributed by atoms with van der Waals surface area (Å²) in [5.74, 6) is -0.887. The van der Waals surface area contributed by atoms with E-state index in [0.29, 0.717) is 5.56 Å². The lowest BCUT2D eigenvalue weighted by Crippen LogP contribution is -2.32. The first-order chi connectivity index (χ1) is 9.25. The van der Waals surface area contributed by atoms with Crippen molar-refractivity contribution in [2.24, 2.45) is 11.1 Å². The van der Waals surface area contributed by atoms with Crippen LogP contribution in [0.15, 0.2) is 24.3 Å².